The predicted octanol–water partition coefficient (Wildman–Crippen LogP) is 2.70. The minimum atomic E-state index is -0.606. The molecule has 1 amide bonds. The molecular weight excluding hydrogens is 350 g/mol. The summed E-state index contributed by atoms with van der Waals surface area (Å²) in [5.41, 5.74) is -0.606. The van der Waals surface area contributed by atoms with Gasteiger partial charge in [0.05, 0.1) is 6.04 Å². The van der Waals surface area contributed by atoms with Crippen LogP contribution in [-0.2, 0) is 9.59 Å². The van der Waals surface area contributed by atoms with E-state index in [1.165, 1.54) is 0 Å². The molecule has 28 heavy (non-hydrogen) atoms. The van der Waals surface area contributed by atoms with Crippen LogP contribution in [0.15, 0.2) is 0 Å². The number of hydrogen-bond donors (Lipinski definition) is 2. The van der Waals surface area contributed by atoms with Crippen molar-refractivity contribution in [1.82, 2.24) is 15.5 Å². The van der Waals surface area contributed by atoms with E-state index in [2.05, 4.69) is 57.1 Å². The van der Waals surface area contributed by atoms with Crippen LogP contribution in [0, 0.1) is 35.5 Å². The number of piperidine rings is 2. The summed E-state index contributed by atoms with van der Waals surface area (Å²) in [5, 5.41) is 6.86. The zero-order chi connectivity index (χ0) is 20.8. The number of fused-ring (bicyclic) bond motifs is 1. The molecule has 4 fully saturated rings. The van der Waals surface area contributed by atoms with Crippen LogP contribution in [0.1, 0.15) is 61.3 Å². The summed E-state index contributed by atoms with van der Waals surface area (Å²) < 4.78 is 0. The molecule has 1 aliphatic carbocycles. The summed E-state index contributed by atoms with van der Waals surface area (Å²) in [7, 11) is 0. The molecule has 160 valence electrons. The summed E-state index contributed by atoms with van der Waals surface area (Å²) in [6.45, 7) is 17.8. The van der Waals surface area contributed by atoms with Gasteiger partial charge in [0.15, 0.2) is 0 Å². The average molecular weight is 392 g/mol. The first kappa shape index (κ1) is 21.8. The minimum Gasteiger partial charge on any atom is -0.354 e. The summed E-state index contributed by atoms with van der Waals surface area (Å²) in [6.07, 6.45) is 1.89. The molecule has 0 spiro atoms. The van der Waals surface area contributed by atoms with Crippen molar-refractivity contribution in [2.75, 3.05) is 19.6 Å². The van der Waals surface area contributed by atoms with Crippen molar-refractivity contribution in [2.45, 2.75) is 78.9 Å². The fourth-order valence-electron chi connectivity index (χ4n) is 6.32. The number of likely N-dealkylation sites (tertiary alicyclic amines) is 1. The van der Waals surface area contributed by atoms with Gasteiger partial charge < -0.3 is 5.32 Å². The molecule has 5 nitrogen and oxygen atoms in total. The molecule has 4 aliphatic rings. The number of carbonyl (C=O) groups is 2. The van der Waals surface area contributed by atoms with E-state index in [1.807, 2.05) is 0 Å². The van der Waals surface area contributed by atoms with E-state index in [0.717, 1.165) is 25.9 Å². The quantitative estimate of drug-likeness (QED) is 0.668. The molecule has 4 rings (SSSR count). The Morgan fingerprint density at radius 1 is 1.11 bits per heavy atom. The topological polar surface area (TPSA) is 61.4 Å². The van der Waals surface area contributed by atoms with Gasteiger partial charge in [0.2, 0.25) is 5.91 Å². The zero-order valence-electron chi connectivity index (χ0n) is 18.9. The number of hydrogen-bond acceptors (Lipinski definition) is 4. The summed E-state index contributed by atoms with van der Waals surface area (Å²) in [4.78, 5) is 28.8. The number of nitrogens with zero attached hydrogens (tertiary/aromatic N) is 1. The van der Waals surface area contributed by atoms with Crippen molar-refractivity contribution >= 4 is 11.7 Å². The Morgan fingerprint density at radius 2 is 1.79 bits per heavy atom. The highest BCUT2D eigenvalue weighted by atomic mass is 16.2. The number of amides is 1. The number of ketones is 1. The Hall–Kier alpha value is -0.940. The molecule has 4 bridgehead atoms. The Balaban J connectivity index is 2.00. The monoisotopic (exact) mass is 391 g/mol. The molecule has 3 saturated heterocycles. The van der Waals surface area contributed by atoms with Crippen LogP contribution in [0.5, 0.6) is 0 Å². The number of carbonyl (C=O) groups excluding carboxylic acids is 2. The van der Waals surface area contributed by atoms with Crippen molar-refractivity contribution in [3.05, 3.63) is 0 Å². The van der Waals surface area contributed by atoms with Gasteiger partial charge in [0.25, 0.3) is 0 Å². The Labute approximate surface area is 171 Å². The molecule has 2 unspecified atom stereocenters. The van der Waals surface area contributed by atoms with E-state index in [0.29, 0.717) is 42.2 Å². The van der Waals surface area contributed by atoms with Gasteiger partial charge in [0.1, 0.15) is 11.3 Å². The minimum absolute atomic E-state index is 0.123. The van der Waals surface area contributed by atoms with Crippen LogP contribution in [-0.4, -0.2) is 53.8 Å². The second kappa shape index (κ2) is 8.06. The molecule has 1 saturated carbocycles. The van der Waals surface area contributed by atoms with E-state index in [9.17, 15) is 9.59 Å². The number of nitrogens with one attached hydrogen (secondary N) is 2. The van der Waals surface area contributed by atoms with E-state index in [4.69, 9.17) is 0 Å². The van der Waals surface area contributed by atoms with E-state index in [-0.39, 0.29) is 23.7 Å². The fraction of sp³-hybridized carbons (Fsp3) is 0.913. The smallest absolute Gasteiger partial charge is 0.240 e. The van der Waals surface area contributed by atoms with Gasteiger partial charge in [-0.15, -0.1) is 0 Å². The van der Waals surface area contributed by atoms with Gasteiger partial charge in [-0.2, -0.15) is 0 Å². The van der Waals surface area contributed by atoms with Crippen molar-refractivity contribution in [3.63, 3.8) is 0 Å². The summed E-state index contributed by atoms with van der Waals surface area (Å²) in [6, 6.07) is 0.151. The third-order valence-electron chi connectivity index (χ3n) is 7.10. The fourth-order valence-corrected chi connectivity index (χ4v) is 6.32. The molecule has 0 aromatic rings. The van der Waals surface area contributed by atoms with Crippen molar-refractivity contribution in [3.8, 4) is 0 Å². The standard InChI is InChI=1S/C23H41N3O2/c1-13(2)8-18-21-19-17(12-26(21)11-15(5)6)9-23(18,25-20(19)16(7)27)22(28)24-10-14(3)4/h13-15,17-21,25H,8-12H2,1-7H3,(H,24,28)/t17-,18-,19+,20?,21?,23+/m1/s1. The Kier molecular flexibility index (Phi) is 6.26. The third kappa shape index (κ3) is 3.77. The van der Waals surface area contributed by atoms with Crippen LogP contribution >= 0.6 is 0 Å². The van der Waals surface area contributed by atoms with Crippen LogP contribution in [0.2, 0.25) is 0 Å². The second-order valence-electron chi connectivity index (χ2n) is 10.9. The van der Waals surface area contributed by atoms with Gasteiger partial charge in [-0.05, 0) is 43.4 Å². The van der Waals surface area contributed by atoms with Crippen LogP contribution < -0.4 is 10.6 Å². The second-order valence-corrected chi connectivity index (χ2v) is 10.9. The van der Waals surface area contributed by atoms with Gasteiger partial charge in [-0.25, -0.2) is 0 Å². The van der Waals surface area contributed by atoms with Crippen LogP contribution in [0.25, 0.3) is 0 Å². The number of Topliss-reactive ketones (excluding diaryl/α,β-unsaturated/α-hetero) is 1. The van der Waals surface area contributed by atoms with Crippen LogP contribution in [0.4, 0.5) is 0 Å². The van der Waals surface area contributed by atoms with Gasteiger partial charge in [-0.1, -0.05) is 41.5 Å². The van der Waals surface area contributed by atoms with Crippen molar-refractivity contribution < 1.29 is 9.59 Å². The first-order valence-corrected chi connectivity index (χ1v) is 11.4. The molecule has 5 heteroatoms. The highest BCUT2D eigenvalue weighted by molar-refractivity contribution is 5.90. The molecule has 6 atom stereocenters. The summed E-state index contributed by atoms with van der Waals surface area (Å²) in [5.74, 6) is 2.89. The van der Waals surface area contributed by atoms with E-state index in [1.54, 1.807) is 6.92 Å². The maximum Gasteiger partial charge on any atom is 0.240 e. The lowest BCUT2D eigenvalue weighted by atomic mass is 9.55. The normalized spacial score (nSPS) is 37.3. The lowest BCUT2D eigenvalue weighted by Gasteiger charge is -2.59. The van der Waals surface area contributed by atoms with E-state index < -0.39 is 5.54 Å². The lowest BCUT2D eigenvalue weighted by molar-refractivity contribution is -0.147. The first-order chi connectivity index (χ1) is 13.1. The van der Waals surface area contributed by atoms with Gasteiger partial charge in [-0.3, -0.25) is 19.8 Å². The first-order valence-electron chi connectivity index (χ1n) is 11.4. The molecule has 3 aliphatic heterocycles. The van der Waals surface area contributed by atoms with Crippen molar-refractivity contribution in [2.24, 2.45) is 35.5 Å². The Morgan fingerprint density at radius 3 is 2.32 bits per heavy atom. The largest absolute Gasteiger partial charge is 0.354 e. The SMILES string of the molecule is CC(=O)C1N[C@@]2(C(=O)NCC(C)C)C[C@@H]3CN(CC(C)C)C([C@H]13)[C@H]2CC(C)C. The summed E-state index contributed by atoms with van der Waals surface area (Å²) >= 11 is 0. The highest BCUT2D eigenvalue weighted by Crippen LogP contribution is 2.55. The van der Waals surface area contributed by atoms with E-state index >= 15 is 0 Å². The highest BCUT2D eigenvalue weighted by Gasteiger charge is 2.68. The Bertz CT molecular complexity index is 603. The molecule has 0 aromatic heterocycles. The molecule has 3 heterocycles. The molecular formula is C23H41N3O2. The lowest BCUT2D eigenvalue weighted by Crippen LogP contribution is -2.78. The maximum atomic E-state index is 13.6. The number of rotatable bonds is 8. The van der Waals surface area contributed by atoms with Crippen molar-refractivity contribution in [1.29, 1.82) is 0 Å². The van der Waals surface area contributed by atoms with Crippen LogP contribution in [0.3, 0.4) is 0 Å². The molecule has 2 N–H and O–H groups in total. The average Bonchev–Trinajstić information content (AvgIpc) is 2.87. The molecule has 0 radical (unpaired) electrons. The zero-order valence-corrected chi connectivity index (χ0v) is 18.9. The predicted molar refractivity (Wildman–Crippen MR) is 113 cm³/mol. The van der Waals surface area contributed by atoms with Gasteiger partial charge in [0, 0.05) is 37.5 Å². The third-order valence-corrected chi connectivity index (χ3v) is 7.10. The molecule has 0 aromatic carbocycles. The van der Waals surface area contributed by atoms with Gasteiger partial charge >= 0.3 is 0 Å². The maximum absolute atomic E-state index is 13.6.